The topological polar surface area (TPSA) is 29.5 Å². The van der Waals surface area contributed by atoms with Crippen LogP contribution in [0.3, 0.4) is 0 Å². The summed E-state index contributed by atoms with van der Waals surface area (Å²) in [4.78, 5) is 2.25. The lowest BCUT2D eigenvalue weighted by Crippen LogP contribution is -2.32. The van der Waals surface area contributed by atoms with Crippen molar-refractivity contribution >= 4 is 22.9 Å². The first-order chi connectivity index (χ1) is 18.1. The molecule has 0 aliphatic carbocycles. The van der Waals surface area contributed by atoms with Crippen molar-refractivity contribution in [2.24, 2.45) is 7.05 Å². The van der Waals surface area contributed by atoms with Crippen molar-refractivity contribution in [3.8, 4) is 28.0 Å². The molecule has 0 amide bonds. The lowest BCUT2D eigenvalue weighted by atomic mass is 10.0. The second-order valence-electron chi connectivity index (χ2n) is 9.64. The maximum Gasteiger partial charge on any atom is 0.373 e. The summed E-state index contributed by atoms with van der Waals surface area (Å²) < 4.78 is 14.8. The van der Waals surface area contributed by atoms with Gasteiger partial charge in [0.15, 0.2) is 6.23 Å². The zero-order valence-electron chi connectivity index (χ0n) is 21.5. The number of aryl methyl sites for hydroxylation is 1. The van der Waals surface area contributed by atoms with Crippen LogP contribution in [0, 0.1) is 0 Å². The van der Waals surface area contributed by atoms with Gasteiger partial charge in [-0.1, -0.05) is 85.3 Å². The summed E-state index contributed by atoms with van der Waals surface area (Å²) in [5, 5.41) is 0. The van der Waals surface area contributed by atoms with Crippen molar-refractivity contribution in [2.45, 2.75) is 26.0 Å². The molecular formula is C33H31N2O2+. The van der Waals surface area contributed by atoms with Crippen molar-refractivity contribution in [3.05, 3.63) is 109 Å². The molecule has 0 radical (unpaired) electrons. The number of nitrogens with zero attached hydrogens (tertiary/aromatic N) is 2. The van der Waals surface area contributed by atoms with Crippen LogP contribution in [0.1, 0.15) is 25.7 Å². The monoisotopic (exact) mass is 487 g/mol. The number of hydrogen-bond donors (Lipinski definition) is 0. The third-order valence-electron chi connectivity index (χ3n) is 7.33. The lowest BCUT2D eigenvalue weighted by molar-refractivity contribution is -0.652. The summed E-state index contributed by atoms with van der Waals surface area (Å²) in [6.07, 6.45) is 3.85. The minimum absolute atomic E-state index is 0.0495. The molecule has 0 spiro atoms. The van der Waals surface area contributed by atoms with Gasteiger partial charge >= 0.3 is 5.89 Å². The van der Waals surface area contributed by atoms with Gasteiger partial charge in [-0.15, -0.1) is 0 Å². The lowest BCUT2D eigenvalue weighted by Gasteiger charge is -2.21. The zero-order valence-corrected chi connectivity index (χ0v) is 21.5. The number of ether oxygens (including phenoxy) is 1. The number of hydrogen-bond acceptors (Lipinski definition) is 3. The Morgan fingerprint density at radius 1 is 0.838 bits per heavy atom. The Bertz CT molecular complexity index is 1590. The molecule has 4 heteroatoms. The molecule has 4 aromatic carbocycles. The van der Waals surface area contributed by atoms with E-state index in [1.165, 1.54) is 27.8 Å². The van der Waals surface area contributed by atoms with E-state index in [-0.39, 0.29) is 6.23 Å². The quantitative estimate of drug-likeness (QED) is 0.231. The molecule has 6 rings (SSSR count). The fourth-order valence-corrected chi connectivity index (χ4v) is 5.07. The van der Waals surface area contributed by atoms with Crippen LogP contribution in [0.25, 0.3) is 39.4 Å². The Balaban J connectivity index is 1.25. The number of fused-ring (bicyclic) bond motifs is 2. The maximum atomic E-state index is 6.38. The number of rotatable bonds is 6. The molecule has 184 valence electrons. The van der Waals surface area contributed by atoms with Crippen molar-refractivity contribution in [2.75, 3.05) is 11.9 Å². The van der Waals surface area contributed by atoms with Crippen molar-refractivity contribution in [1.82, 2.24) is 0 Å². The van der Waals surface area contributed by atoms with Gasteiger partial charge < -0.3 is 14.1 Å². The summed E-state index contributed by atoms with van der Waals surface area (Å²) in [6, 6.07) is 33.8. The van der Waals surface area contributed by atoms with Gasteiger partial charge in [0.2, 0.25) is 5.58 Å². The average molecular weight is 488 g/mol. The van der Waals surface area contributed by atoms with E-state index in [1.807, 2.05) is 12.1 Å². The van der Waals surface area contributed by atoms with Gasteiger partial charge in [0.1, 0.15) is 12.8 Å². The number of anilines is 1. The van der Waals surface area contributed by atoms with E-state index >= 15 is 0 Å². The maximum absolute atomic E-state index is 6.38. The fourth-order valence-electron chi connectivity index (χ4n) is 5.07. The Morgan fingerprint density at radius 2 is 1.49 bits per heavy atom. The van der Waals surface area contributed by atoms with Gasteiger partial charge in [0.25, 0.3) is 5.52 Å². The van der Waals surface area contributed by atoms with E-state index in [0.29, 0.717) is 0 Å². The van der Waals surface area contributed by atoms with Crippen LogP contribution in [0.15, 0.2) is 107 Å². The Labute approximate surface area is 218 Å². The standard InChI is InChI=1S/C33H31N2O2/c1-4-23(19-32-34(2)28-21-26(15-17-30(28)36-32)24-11-7-5-8-12-24)20-33-35(3)29-22-27(16-18-31(29)37-33)25-13-9-6-10-14-25/h5-19,21-22,33H,4,20H2,1-3H3/q+1/b23-19+. The molecule has 0 fully saturated rings. The van der Waals surface area contributed by atoms with Gasteiger partial charge in [0.05, 0.1) is 11.8 Å². The first-order valence-electron chi connectivity index (χ1n) is 12.9. The van der Waals surface area contributed by atoms with E-state index in [9.17, 15) is 0 Å². The summed E-state index contributed by atoms with van der Waals surface area (Å²) in [5.74, 6) is 1.78. The summed E-state index contributed by atoms with van der Waals surface area (Å²) in [6.45, 7) is 2.19. The first kappa shape index (κ1) is 23.1. The Kier molecular flexibility index (Phi) is 6.01. The van der Waals surface area contributed by atoms with E-state index < -0.39 is 0 Å². The zero-order chi connectivity index (χ0) is 25.4. The largest absolute Gasteiger partial charge is 0.468 e. The van der Waals surface area contributed by atoms with Crippen LogP contribution in [-0.4, -0.2) is 13.3 Å². The van der Waals surface area contributed by atoms with E-state index in [1.54, 1.807) is 0 Å². The third kappa shape index (κ3) is 4.40. The van der Waals surface area contributed by atoms with Crippen LogP contribution in [0.2, 0.25) is 0 Å². The van der Waals surface area contributed by atoms with E-state index in [0.717, 1.165) is 41.3 Å². The van der Waals surface area contributed by atoms with Gasteiger partial charge in [-0.05, 0) is 46.9 Å². The van der Waals surface area contributed by atoms with Crippen LogP contribution >= 0.6 is 0 Å². The number of oxazole rings is 1. The Morgan fingerprint density at radius 3 is 2.16 bits per heavy atom. The number of aromatic nitrogens is 1. The molecule has 0 N–H and O–H groups in total. The van der Waals surface area contributed by atoms with E-state index in [2.05, 4.69) is 121 Å². The summed E-state index contributed by atoms with van der Waals surface area (Å²) in [7, 11) is 4.18. The second-order valence-corrected chi connectivity index (χ2v) is 9.64. The Hall–Kier alpha value is -4.31. The molecule has 0 saturated carbocycles. The van der Waals surface area contributed by atoms with Crippen LogP contribution in [-0.2, 0) is 7.05 Å². The smallest absolute Gasteiger partial charge is 0.373 e. The highest BCUT2D eigenvalue weighted by atomic mass is 16.5. The normalized spacial score (nSPS) is 15.2. The molecule has 1 unspecified atom stereocenters. The van der Waals surface area contributed by atoms with Gasteiger partial charge in [-0.3, -0.25) is 0 Å². The van der Waals surface area contributed by atoms with Gasteiger partial charge in [-0.25, -0.2) is 0 Å². The van der Waals surface area contributed by atoms with Crippen LogP contribution in [0.5, 0.6) is 5.75 Å². The SMILES string of the molecule is CC/C(=C\c1oc2ccc(-c3ccccc3)cc2[n+]1C)CC1Oc2ccc(-c3ccccc3)cc2N1C. The van der Waals surface area contributed by atoms with E-state index in [4.69, 9.17) is 9.15 Å². The highest BCUT2D eigenvalue weighted by molar-refractivity contribution is 5.79. The van der Waals surface area contributed by atoms with Gasteiger partial charge in [0, 0.05) is 19.5 Å². The van der Waals surface area contributed by atoms with Crippen LogP contribution < -0.4 is 14.2 Å². The second kappa shape index (κ2) is 9.62. The highest BCUT2D eigenvalue weighted by Crippen LogP contribution is 2.41. The molecule has 0 saturated heterocycles. The first-order valence-corrected chi connectivity index (χ1v) is 12.9. The molecule has 4 nitrogen and oxygen atoms in total. The van der Waals surface area contributed by atoms with Crippen molar-refractivity contribution in [3.63, 3.8) is 0 Å². The molecule has 2 heterocycles. The minimum Gasteiger partial charge on any atom is -0.468 e. The molecular weight excluding hydrogens is 456 g/mol. The third-order valence-corrected chi connectivity index (χ3v) is 7.33. The molecule has 1 atom stereocenters. The molecule has 1 aromatic heterocycles. The van der Waals surface area contributed by atoms with Crippen molar-refractivity contribution < 1.29 is 13.7 Å². The summed E-state index contributed by atoms with van der Waals surface area (Å²) in [5.41, 5.74) is 9.18. The minimum atomic E-state index is -0.0495. The average Bonchev–Trinajstić information content (AvgIpc) is 3.43. The predicted octanol–water partition coefficient (Wildman–Crippen LogP) is 7.63. The molecule has 1 aliphatic heterocycles. The fraction of sp³-hybridized carbons (Fsp3) is 0.182. The van der Waals surface area contributed by atoms with Gasteiger partial charge in [-0.2, -0.15) is 4.57 Å². The highest BCUT2D eigenvalue weighted by Gasteiger charge is 2.29. The molecule has 1 aliphatic rings. The number of benzene rings is 4. The summed E-state index contributed by atoms with van der Waals surface area (Å²) >= 11 is 0. The molecule has 37 heavy (non-hydrogen) atoms. The van der Waals surface area contributed by atoms with Crippen LogP contribution in [0.4, 0.5) is 5.69 Å². The molecule has 5 aromatic rings. The molecule has 0 bridgehead atoms. The van der Waals surface area contributed by atoms with Crippen molar-refractivity contribution in [1.29, 1.82) is 0 Å². The predicted molar refractivity (Wildman–Crippen MR) is 150 cm³/mol.